The number of nitrogens with zero attached hydrogens (tertiary/aromatic N) is 2. The zero-order chi connectivity index (χ0) is 13.8. The van der Waals surface area contributed by atoms with Crippen LogP contribution >= 0.6 is 11.6 Å². The summed E-state index contributed by atoms with van der Waals surface area (Å²) in [5.74, 6) is -0.265. The van der Waals surface area contributed by atoms with E-state index in [0.717, 1.165) is 0 Å². The van der Waals surface area contributed by atoms with Crippen molar-refractivity contribution in [3.05, 3.63) is 34.9 Å². The van der Waals surface area contributed by atoms with Crippen molar-refractivity contribution in [2.24, 2.45) is 0 Å². The van der Waals surface area contributed by atoms with Crippen LogP contribution in [0, 0.1) is 5.82 Å². The Labute approximate surface area is 113 Å². The Morgan fingerprint density at radius 3 is 3.00 bits per heavy atom. The molecule has 0 fully saturated rings. The first-order valence-electron chi connectivity index (χ1n) is 5.39. The number of hydrogen-bond donors (Lipinski definition) is 0. The molecule has 0 aliphatic carbocycles. The van der Waals surface area contributed by atoms with E-state index in [2.05, 4.69) is 10.1 Å². The van der Waals surface area contributed by atoms with Gasteiger partial charge >= 0.3 is 0 Å². The van der Waals surface area contributed by atoms with Crippen molar-refractivity contribution in [2.75, 3.05) is 13.7 Å². The van der Waals surface area contributed by atoms with Gasteiger partial charge in [0.15, 0.2) is 5.78 Å². The number of ether oxygens (including phenoxy) is 1. The quantitative estimate of drug-likeness (QED) is 0.843. The van der Waals surface area contributed by atoms with Crippen molar-refractivity contribution in [1.82, 2.24) is 10.1 Å². The van der Waals surface area contributed by atoms with Gasteiger partial charge in [0.2, 0.25) is 11.7 Å². The van der Waals surface area contributed by atoms with Gasteiger partial charge in [-0.15, -0.1) is 0 Å². The first-order valence-corrected chi connectivity index (χ1v) is 5.76. The van der Waals surface area contributed by atoms with Crippen molar-refractivity contribution in [2.45, 2.75) is 6.42 Å². The smallest absolute Gasteiger partial charge is 0.234 e. The monoisotopic (exact) mass is 284 g/mol. The van der Waals surface area contributed by atoms with Crippen LogP contribution < -0.4 is 0 Å². The average molecular weight is 285 g/mol. The minimum absolute atomic E-state index is 0.00420. The van der Waals surface area contributed by atoms with E-state index in [4.69, 9.17) is 20.9 Å². The molecular weight excluding hydrogens is 275 g/mol. The van der Waals surface area contributed by atoms with Gasteiger partial charge in [0.1, 0.15) is 12.4 Å². The van der Waals surface area contributed by atoms with Gasteiger partial charge in [0, 0.05) is 12.7 Å². The SMILES string of the molecule is COCC(=O)Cc1nc(-c2ccc(F)c(Cl)c2)no1. The second-order valence-corrected chi connectivity index (χ2v) is 4.20. The molecule has 1 heterocycles. The topological polar surface area (TPSA) is 65.2 Å². The fraction of sp³-hybridized carbons (Fsp3) is 0.250. The maximum absolute atomic E-state index is 13.0. The van der Waals surface area contributed by atoms with Gasteiger partial charge in [-0.1, -0.05) is 16.8 Å². The number of ketones is 1. The minimum Gasteiger partial charge on any atom is -0.377 e. The third-order valence-corrected chi connectivity index (χ3v) is 2.59. The van der Waals surface area contributed by atoms with E-state index in [0.29, 0.717) is 5.56 Å². The van der Waals surface area contributed by atoms with Crippen molar-refractivity contribution in [1.29, 1.82) is 0 Å². The number of aromatic nitrogens is 2. The van der Waals surface area contributed by atoms with E-state index in [9.17, 15) is 9.18 Å². The zero-order valence-corrected chi connectivity index (χ0v) is 10.8. The van der Waals surface area contributed by atoms with E-state index in [1.54, 1.807) is 0 Å². The number of benzene rings is 1. The number of halogens is 2. The lowest BCUT2D eigenvalue weighted by Gasteiger charge is -1.96. The molecule has 100 valence electrons. The Hall–Kier alpha value is -1.79. The molecule has 1 aromatic carbocycles. The molecule has 0 aliphatic rings. The van der Waals surface area contributed by atoms with Gasteiger partial charge in [-0.05, 0) is 18.2 Å². The Morgan fingerprint density at radius 1 is 1.53 bits per heavy atom. The van der Waals surface area contributed by atoms with Crippen molar-refractivity contribution >= 4 is 17.4 Å². The summed E-state index contributed by atoms with van der Waals surface area (Å²) in [6.07, 6.45) is -0.00420. The molecule has 0 N–H and O–H groups in total. The summed E-state index contributed by atoms with van der Waals surface area (Å²) in [4.78, 5) is 15.4. The molecular formula is C12H10ClFN2O3. The molecule has 0 saturated carbocycles. The molecule has 1 aromatic heterocycles. The van der Waals surface area contributed by atoms with Crippen LogP contribution in [0.3, 0.4) is 0 Å². The highest BCUT2D eigenvalue weighted by molar-refractivity contribution is 6.31. The van der Waals surface area contributed by atoms with E-state index in [1.807, 2.05) is 0 Å². The lowest BCUT2D eigenvalue weighted by molar-refractivity contribution is -0.122. The highest BCUT2D eigenvalue weighted by Gasteiger charge is 2.13. The highest BCUT2D eigenvalue weighted by Crippen LogP contribution is 2.22. The number of Topliss-reactive ketones (excluding diaryl/α,β-unsaturated/α-hetero) is 1. The fourth-order valence-electron chi connectivity index (χ4n) is 1.46. The van der Waals surface area contributed by atoms with Crippen LogP contribution in [-0.4, -0.2) is 29.6 Å². The van der Waals surface area contributed by atoms with Gasteiger partial charge in [0.05, 0.1) is 11.4 Å². The van der Waals surface area contributed by atoms with Crippen LogP contribution in [0.2, 0.25) is 5.02 Å². The summed E-state index contributed by atoms with van der Waals surface area (Å²) in [5.41, 5.74) is 0.514. The zero-order valence-electron chi connectivity index (χ0n) is 10.0. The van der Waals surface area contributed by atoms with Gasteiger partial charge in [-0.3, -0.25) is 4.79 Å². The number of hydrogen-bond acceptors (Lipinski definition) is 5. The number of carbonyl (C=O) groups is 1. The first kappa shape index (κ1) is 13.6. The number of rotatable bonds is 5. The van der Waals surface area contributed by atoms with Crippen molar-refractivity contribution in [3.8, 4) is 11.4 Å². The molecule has 0 aliphatic heterocycles. The molecule has 19 heavy (non-hydrogen) atoms. The number of methoxy groups -OCH3 is 1. The summed E-state index contributed by atoms with van der Waals surface area (Å²) < 4.78 is 22.7. The Kier molecular flexibility index (Phi) is 4.24. The van der Waals surface area contributed by atoms with Crippen LogP contribution in [0.25, 0.3) is 11.4 Å². The van der Waals surface area contributed by atoms with Gasteiger partial charge in [-0.2, -0.15) is 4.98 Å². The normalized spacial score (nSPS) is 10.7. The Morgan fingerprint density at radius 2 is 2.32 bits per heavy atom. The molecule has 0 unspecified atom stereocenters. The van der Waals surface area contributed by atoms with E-state index >= 15 is 0 Å². The third kappa shape index (κ3) is 3.36. The lowest BCUT2D eigenvalue weighted by atomic mass is 10.2. The Balaban J connectivity index is 2.16. The van der Waals surface area contributed by atoms with E-state index in [-0.39, 0.29) is 35.5 Å². The molecule has 0 spiro atoms. The summed E-state index contributed by atoms with van der Waals surface area (Å²) in [7, 11) is 1.43. The summed E-state index contributed by atoms with van der Waals surface area (Å²) in [6, 6.07) is 4.08. The van der Waals surface area contributed by atoms with Gasteiger partial charge in [0.25, 0.3) is 0 Å². The maximum Gasteiger partial charge on any atom is 0.234 e. The molecule has 5 nitrogen and oxygen atoms in total. The molecule has 0 bridgehead atoms. The average Bonchev–Trinajstić information content (AvgIpc) is 2.81. The standard InChI is InChI=1S/C12H10ClFN2O3/c1-18-6-8(17)5-11-15-12(16-19-11)7-2-3-10(14)9(13)4-7/h2-4H,5-6H2,1H3. The molecule has 0 amide bonds. The second-order valence-electron chi connectivity index (χ2n) is 3.79. The molecule has 0 atom stereocenters. The molecule has 2 rings (SSSR count). The lowest BCUT2D eigenvalue weighted by Crippen LogP contribution is -2.09. The van der Waals surface area contributed by atoms with Crippen LogP contribution in [-0.2, 0) is 16.0 Å². The third-order valence-electron chi connectivity index (χ3n) is 2.30. The summed E-state index contributed by atoms with van der Waals surface area (Å²) in [6.45, 7) is -0.0138. The second kappa shape index (κ2) is 5.90. The van der Waals surface area contributed by atoms with Gasteiger partial charge in [-0.25, -0.2) is 4.39 Å². The predicted molar refractivity (Wildman–Crippen MR) is 65.3 cm³/mol. The Bertz CT molecular complexity index is 600. The van der Waals surface area contributed by atoms with Crippen molar-refractivity contribution in [3.63, 3.8) is 0 Å². The molecule has 0 saturated heterocycles. The van der Waals surface area contributed by atoms with E-state index < -0.39 is 5.82 Å². The van der Waals surface area contributed by atoms with Crippen molar-refractivity contribution < 1.29 is 18.4 Å². The summed E-state index contributed by atoms with van der Waals surface area (Å²) in [5, 5.41) is 3.68. The van der Waals surface area contributed by atoms with Gasteiger partial charge < -0.3 is 9.26 Å². The molecule has 7 heteroatoms. The van der Waals surface area contributed by atoms with Crippen LogP contribution in [0.4, 0.5) is 4.39 Å². The largest absolute Gasteiger partial charge is 0.377 e. The fourth-order valence-corrected chi connectivity index (χ4v) is 1.64. The summed E-state index contributed by atoms with van der Waals surface area (Å²) >= 11 is 5.66. The van der Waals surface area contributed by atoms with E-state index in [1.165, 1.54) is 25.3 Å². The molecule has 2 aromatic rings. The molecule has 0 radical (unpaired) electrons. The maximum atomic E-state index is 13.0. The van der Waals surface area contributed by atoms with Crippen LogP contribution in [0.5, 0.6) is 0 Å². The highest BCUT2D eigenvalue weighted by atomic mass is 35.5. The first-order chi connectivity index (χ1) is 9.10. The predicted octanol–water partition coefficient (Wildman–Crippen LogP) is 2.29. The van der Waals surface area contributed by atoms with Crippen LogP contribution in [0.15, 0.2) is 22.7 Å². The number of carbonyl (C=O) groups excluding carboxylic acids is 1. The van der Waals surface area contributed by atoms with Crippen LogP contribution in [0.1, 0.15) is 5.89 Å². The minimum atomic E-state index is -0.524.